The van der Waals surface area contributed by atoms with Gasteiger partial charge in [0.05, 0.1) is 0 Å². The van der Waals surface area contributed by atoms with Crippen LogP contribution < -0.4 is 0 Å². The van der Waals surface area contributed by atoms with E-state index in [1.807, 2.05) is 42.5 Å². The molecule has 1 amide bonds. The van der Waals surface area contributed by atoms with Crippen molar-refractivity contribution in [3.8, 4) is 0 Å². The number of hydrogen-bond acceptors (Lipinski definition) is 2. The Kier molecular flexibility index (Phi) is 3.28. The quantitative estimate of drug-likeness (QED) is 0.819. The highest BCUT2D eigenvalue weighted by Crippen LogP contribution is 2.19. The van der Waals surface area contributed by atoms with Crippen molar-refractivity contribution in [1.82, 2.24) is 4.90 Å². The Labute approximate surface area is 104 Å². The van der Waals surface area contributed by atoms with Gasteiger partial charge in [-0.05, 0) is 16.3 Å². The van der Waals surface area contributed by atoms with E-state index >= 15 is 0 Å². The van der Waals surface area contributed by atoms with Crippen molar-refractivity contribution in [3.05, 3.63) is 48.0 Å². The minimum Gasteiger partial charge on any atom is -0.474 e. The van der Waals surface area contributed by atoms with Crippen LogP contribution in [0.15, 0.2) is 42.5 Å². The van der Waals surface area contributed by atoms with Crippen LogP contribution >= 0.6 is 0 Å². The van der Waals surface area contributed by atoms with Crippen LogP contribution in [0.1, 0.15) is 5.56 Å². The number of aliphatic carboxylic acids is 1. The second-order valence-corrected chi connectivity index (χ2v) is 4.10. The molecule has 4 heteroatoms. The molecule has 2 aromatic carbocycles. The van der Waals surface area contributed by atoms with Crippen molar-refractivity contribution in [1.29, 1.82) is 0 Å². The molecule has 0 bridgehead atoms. The molecule has 2 aromatic rings. The average Bonchev–Trinajstić information content (AvgIpc) is 2.38. The number of carbonyl (C=O) groups excluding carboxylic acids is 1. The number of carbonyl (C=O) groups is 2. The lowest BCUT2D eigenvalue weighted by Crippen LogP contribution is -2.32. The molecule has 0 fully saturated rings. The fourth-order valence-corrected chi connectivity index (χ4v) is 1.92. The van der Waals surface area contributed by atoms with Gasteiger partial charge in [0, 0.05) is 13.6 Å². The highest BCUT2D eigenvalue weighted by atomic mass is 16.4. The monoisotopic (exact) mass is 243 g/mol. The topological polar surface area (TPSA) is 57.6 Å². The molecule has 0 aliphatic heterocycles. The smallest absolute Gasteiger partial charge is 0.394 e. The molecule has 0 unspecified atom stereocenters. The zero-order valence-corrected chi connectivity index (χ0v) is 9.96. The Morgan fingerprint density at radius 3 is 2.50 bits per heavy atom. The molecule has 0 aliphatic carbocycles. The molecule has 0 aromatic heterocycles. The average molecular weight is 243 g/mol. The zero-order chi connectivity index (χ0) is 13.1. The summed E-state index contributed by atoms with van der Waals surface area (Å²) in [6.45, 7) is 0.284. The number of benzene rings is 2. The predicted octanol–water partition coefficient (Wildman–Crippen LogP) is 1.88. The van der Waals surface area contributed by atoms with E-state index < -0.39 is 11.9 Å². The van der Waals surface area contributed by atoms with E-state index in [4.69, 9.17) is 5.11 Å². The van der Waals surface area contributed by atoms with Gasteiger partial charge in [0.2, 0.25) is 0 Å². The maximum atomic E-state index is 11.3. The van der Waals surface area contributed by atoms with Crippen LogP contribution in [-0.2, 0) is 16.1 Å². The molecular formula is C14H13NO3. The van der Waals surface area contributed by atoms with E-state index in [0.29, 0.717) is 0 Å². The summed E-state index contributed by atoms with van der Waals surface area (Å²) in [5.74, 6) is -2.33. The molecule has 0 saturated carbocycles. The van der Waals surface area contributed by atoms with Gasteiger partial charge >= 0.3 is 11.9 Å². The van der Waals surface area contributed by atoms with Crippen LogP contribution in [0.25, 0.3) is 10.8 Å². The number of carboxylic acid groups (broad SMARTS) is 1. The predicted molar refractivity (Wildman–Crippen MR) is 68.1 cm³/mol. The van der Waals surface area contributed by atoms with Gasteiger partial charge in [0.15, 0.2) is 0 Å². The number of nitrogens with zero attached hydrogens (tertiary/aromatic N) is 1. The maximum Gasteiger partial charge on any atom is 0.394 e. The Balaban J connectivity index is 2.32. The lowest BCUT2D eigenvalue weighted by atomic mass is 10.0. The Morgan fingerprint density at radius 1 is 1.11 bits per heavy atom. The third-order valence-electron chi connectivity index (χ3n) is 2.82. The third kappa shape index (κ3) is 2.32. The summed E-state index contributed by atoms with van der Waals surface area (Å²) in [4.78, 5) is 23.1. The molecular weight excluding hydrogens is 230 g/mol. The first-order valence-corrected chi connectivity index (χ1v) is 5.54. The Hall–Kier alpha value is -2.36. The molecule has 92 valence electrons. The van der Waals surface area contributed by atoms with Gasteiger partial charge in [-0.3, -0.25) is 4.79 Å². The molecule has 0 aliphatic rings. The van der Waals surface area contributed by atoms with Crippen molar-refractivity contribution >= 4 is 22.6 Å². The molecule has 0 heterocycles. The fourth-order valence-electron chi connectivity index (χ4n) is 1.92. The molecule has 0 spiro atoms. The number of amides is 1. The van der Waals surface area contributed by atoms with Crippen molar-refractivity contribution in [2.75, 3.05) is 7.05 Å². The van der Waals surface area contributed by atoms with Crippen molar-refractivity contribution in [3.63, 3.8) is 0 Å². The van der Waals surface area contributed by atoms with Gasteiger partial charge in [0.25, 0.3) is 0 Å². The Bertz CT molecular complexity index is 602. The molecule has 4 nitrogen and oxygen atoms in total. The normalized spacial score (nSPS) is 10.3. The second kappa shape index (κ2) is 4.87. The number of carboxylic acids is 1. The molecule has 0 radical (unpaired) electrons. The van der Waals surface area contributed by atoms with Gasteiger partial charge in [0.1, 0.15) is 0 Å². The number of fused-ring (bicyclic) bond motifs is 1. The summed E-state index contributed by atoms with van der Waals surface area (Å²) in [6.07, 6.45) is 0. The lowest BCUT2D eigenvalue weighted by Gasteiger charge is -2.16. The summed E-state index contributed by atoms with van der Waals surface area (Å²) in [7, 11) is 1.48. The van der Waals surface area contributed by atoms with Crippen LogP contribution in [0, 0.1) is 0 Å². The van der Waals surface area contributed by atoms with Crippen LogP contribution in [0.2, 0.25) is 0 Å². The van der Waals surface area contributed by atoms with Gasteiger partial charge in [-0.1, -0.05) is 42.5 Å². The number of rotatable bonds is 2. The SMILES string of the molecule is CN(Cc1cccc2ccccc12)C(=O)C(=O)O. The number of hydrogen-bond donors (Lipinski definition) is 1. The first-order valence-electron chi connectivity index (χ1n) is 5.54. The van der Waals surface area contributed by atoms with Crippen molar-refractivity contribution in [2.24, 2.45) is 0 Å². The molecule has 0 saturated heterocycles. The van der Waals surface area contributed by atoms with E-state index in [1.54, 1.807) is 0 Å². The summed E-state index contributed by atoms with van der Waals surface area (Å²) < 4.78 is 0. The maximum absolute atomic E-state index is 11.3. The fraction of sp³-hybridized carbons (Fsp3) is 0.143. The van der Waals surface area contributed by atoms with Gasteiger partial charge in [-0.15, -0.1) is 0 Å². The highest BCUT2D eigenvalue weighted by Gasteiger charge is 2.17. The zero-order valence-electron chi connectivity index (χ0n) is 9.96. The highest BCUT2D eigenvalue weighted by molar-refractivity contribution is 6.31. The van der Waals surface area contributed by atoms with Gasteiger partial charge in [-0.2, -0.15) is 0 Å². The van der Waals surface area contributed by atoms with E-state index in [1.165, 1.54) is 11.9 Å². The first kappa shape index (κ1) is 12.1. The summed E-state index contributed by atoms with van der Waals surface area (Å²) in [5, 5.41) is 10.8. The number of likely N-dealkylation sites (N-methyl/N-ethyl adjacent to an activating group) is 1. The third-order valence-corrected chi connectivity index (χ3v) is 2.82. The molecule has 18 heavy (non-hydrogen) atoms. The van der Waals surface area contributed by atoms with Crippen LogP contribution in [0.3, 0.4) is 0 Å². The van der Waals surface area contributed by atoms with E-state index in [0.717, 1.165) is 16.3 Å². The first-order chi connectivity index (χ1) is 8.59. The summed E-state index contributed by atoms with van der Waals surface area (Å²) in [5.41, 5.74) is 0.935. The van der Waals surface area contributed by atoms with Crippen LogP contribution in [0.5, 0.6) is 0 Å². The molecule has 2 rings (SSSR count). The standard InChI is InChI=1S/C14H13NO3/c1-15(13(16)14(17)18)9-11-7-4-6-10-5-2-3-8-12(10)11/h2-8H,9H2,1H3,(H,17,18). The van der Waals surface area contributed by atoms with Crippen LogP contribution in [-0.4, -0.2) is 28.9 Å². The van der Waals surface area contributed by atoms with Crippen LogP contribution in [0.4, 0.5) is 0 Å². The van der Waals surface area contributed by atoms with Crippen molar-refractivity contribution < 1.29 is 14.7 Å². The Morgan fingerprint density at radius 2 is 1.78 bits per heavy atom. The summed E-state index contributed by atoms with van der Waals surface area (Å²) in [6, 6.07) is 13.6. The molecule has 1 N–H and O–H groups in total. The van der Waals surface area contributed by atoms with Gasteiger partial charge in [-0.25, -0.2) is 4.79 Å². The minimum absolute atomic E-state index is 0.284. The second-order valence-electron chi connectivity index (χ2n) is 4.10. The van der Waals surface area contributed by atoms with Crippen molar-refractivity contribution in [2.45, 2.75) is 6.54 Å². The molecule has 0 atom stereocenters. The summed E-state index contributed by atoms with van der Waals surface area (Å²) >= 11 is 0. The largest absolute Gasteiger partial charge is 0.474 e. The lowest BCUT2D eigenvalue weighted by molar-refractivity contribution is -0.155. The van der Waals surface area contributed by atoms with E-state index in [2.05, 4.69) is 0 Å². The van der Waals surface area contributed by atoms with E-state index in [-0.39, 0.29) is 6.54 Å². The minimum atomic E-state index is -1.43. The van der Waals surface area contributed by atoms with Gasteiger partial charge < -0.3 is 10.0 Å². The van der Waals surface area contributed by atoms with E-state index in [9.17, 15) is 9.59 Å².